The minimum atomic E-state index is -0.780. The summed E-state index contributed by atoms with van der Waals surface area (Å²) in [5.41, 5.74) is 0. The van der Waals surface area contributed by atoms with Crippen molar-refractivity contribution in [1.82, 2.24) is 5.06 Å². The Bertz CT molecular complexity index is 329. The molecular weight excluding hydrogens is 351 g/mol. The van der Waals surface area contributed by atoms with Gasteiger partial charge in [-0.25, -0.2) is 4.79 Å². The predicted octanol–water partition coefficient (Wildman–Crippen LogP) is -0.478. The molecule has 2 amide bonds. The van der Waals surface area contributed by atoms with E-state index >= 15 is 0 Å². The number of ether oxygens (including phenoxy) is 1. The number of nitrogens with zero attached hydrogens (tertiary/aromatic N) is 1. The van der Waals surface area contributed by atoms with Crippen LogP contribution in [0.15, 0.2) is 0 Å². The van der Waals surface area contributed by atoms with Gasteiger partial charge in [-0.1, -0.05) is 6.61 Å². The van der Waals surface area contributed by atoms with Crippen molar-refractivity contribution in [1.29, 1.82) is 0 Å². The maximum Gasteiger partial charge on any atom is 0.358 e. The third-order valence-corrected chi connectivity index (χ3v) is 1.56. The largest absolute Gasteiger partial charge is 0.742 e. The van der Waals surface area contributed by atoms with Crippen LogP contribution >= 0.6 is 0 Å². The molecule has 0 aromatic carbocycles. The van der Waals surface area contributed by atoms with E-state index in [0.717, 1.165) is 0 Å². The molecule has 1 aliphatic rings. The molecule has 0 bridgehead atoms. The van der Waals surface area contributed by atoms with Crippen molar-refractivity contribution in [3.05, 3.63) is 6.92 Å². The van der Waals surface area contributed by atoms with E-state index in [-0.39, 0.29) is 63.9 Å². The van der Waals surface area contributed by atoms with Crippen molar-refractivity contribution in [2.75, 3.05) is 13.2 Å². The number of hydrogen-bond donors (Lipinski definition) is 0. The van der Waals surface area contributed by atoms with Crippen LogP contribution < -0.4 is 0 Å². The molecule has 19 heavy (non-hydrogen) atoms. The maximum atomic E-state index is 11.0. The Morgan fingerprint density at radius 2 is 1.74 bits per heavy atom. The minimum Gasteiger partial charge on any atom is -0.742 e. The molecule has 7 nitrogen and oxygen atoms in total. The van der Waals surface area contributed by atoms with E-state index in [0.29, 0.717) is 5.06 Å². The van der Waals surface area contributed by atoms with Crippen LogP contribution in [0.25, 0.3) is 0 Å². The van der Waals surface area contributed by atoms with E-state index in [1.807, 2.05) is 0 Å². The third kappa shape index (κ3) is 10.1. The Hall–Kier alpha value is -0.436. The first-order valence-corrected chi connectivity index (χ1v) is 5.40. The van der Waals surface area contributed by atoms with Crippen molar-refractivity contribution < 1.29 is 61.5 Å². The standard InChI is InChI=1S/C8H10NO5.C2H4OS.Y/c1-2-13-5-8(12)14-9-6(10)3-4-7(9)11;1-2(3)4;/h1-5H2;1H3,(H,3,4);/q-1;;/p-1. The van der Waals surface area contributed by atoms with Crippen LogP contribution in [0.2, 0.25) is 0 Å². The predicted molar refractivity (Wildman–Crippen MR) is 61.4 cm³/mol. The maximum absolute atomic E-state index is 11.0. The quantitative estimate of drug-likeness (QED) is 0.378. The molecule has 0 aromatic rings. The van der Waals surface area contributed by atoms with E-state index in [9.17, 15) is 19.2 Å². The van der Waals surface area contributed by atoms with E-state index in [4.69, 9.17) is 0 Å². The number of hydroxylamine groups is 2. The van der Waals surface area contributed by atoms with Gasteiger partial charge in [0.25, 0.3) is 11.8 Å². The van der Waals surface area contributed by atoms with Gasteiger partial charge in [0.05, 0.1) is 0 Å². The molecule has 0 unspecified atom stereocenters. The molecule has 1 fully saturated rings. The average Bonchev–Trinajstić information content (AvgIpc) is 2.57. The van der Waals surface area contributed by atoms with Crippen molar-refractivity contribution in [3.8, 4) is 0 Å². The number of carbonyl (C=O) groups excluding carboxylic acids is 4. The Morgan fingerprint density at radius 1 is 1.32 bits per heavy atom. The van der Waals surface area contributed by atoms with Crippen LogP contribution in [0.4, 0.5) is 0 Å². The first kappa shape index (κ1) is 20.9. The summed E-state index contributed by atoms with van der Waals surface area (Å²) in [6.07, 6.45) is 0.171. The molecule has 0 spiro atoms. The zero-order valence-electron chi connectivity index (χ0n) is 10.4. The van der Waals surface area contributed by atoms with Gasteiger partial charge in [0, 0.05) is 50.7 Å². The van der Waals surface area contributed by atoms with Gasteiger partial charge < -0.3 is 33.9 Å². The monoisotopic (exact) mass is 364 g/mol. The first-order chi connectivity index (χ1) is 8.38. The number of carbonyl (C=O) groups is 4. The molecule has 105 valence electrons. The molecule has 1 saturated heterocycles. The zero-order chi connectivity index (χ0) is 14.1. The molecule has 1 aliphatic heterocycles. The fraction of sp³-hybridized carbons (Fsp3) is 0.500. The van der Waals surface area contributed by atoms with Crippen LogP contribution in [0.1, 0.15) is 19.8 Å². The summed E-state index contributed by atoms with van der Waals surface area (Å²) in [6, 6.07) is 0. The van der Waals surface area contributed by atoms with Gasteiger partial charge in [0.2, 0.25) is 0 Å². The second kappa shape index (κ2) is 11.4. The summed E-state index contributed by atoms with van der Waals surface area (Å²) >= 11 is 3.98. The summed E-state index contributed by atoms with van der Waals surface area (Å²) in [6.45, 7) is 4.49. The summed E-state index contributed by atoms with van der Waals surface area (Å²) in [7, 11) is 0. The molecule has 1 rings (SSSR count). The molecule has 0 aliphatic carbocycles. The second-order valence-electron chi connectivity index (χ2n) is 3.09. The molecule has 9 heteroatoms. The van der Waals surface area contributed by atoms with Gasteiger partial charge in [-0.2, -0.15) is 0 Å². The number of imide groups is 1. The first-order valence-electron chi connectivity index (χ1n) is 4.99. The number of amides is 2. The Labute approximate surface area is 141 Å². The Kier molecular flexibility index (Phi) is 12.5. The summed E-state index contributed by atoms with van der Waals surface area (Å²) < 4.78 is 4.64. The van der Waals surface area contributed by atoms with Crippen molar-refractivity contribution in [3.63, 3.8) is 0 Å². The smallest absolute Gasteiger partial charge is 0.358 e. The zero-order valence-corrected chi connectivity index (χ0v) is 14.1. The van der Waals surface area contributed by atoms with Crippen molar-refractivity contribution >= 4 is 35.5 Å². The van der Waals surface area contributed by atoms with Gasteiger partial charge in [-0.05, 0) is 6.92 Å². The summed E-state index contributed by atoms with van der Waals surface area (Å²) in [5.74, 6) is -1.78. The average molecular weight is 364 g/mol. The van der Waals surface area contributed by atoms with E-state index in [1.54, 1.807) is 0 Å². The topological polar surface area (TPSA) is 90.0 Å². The molecule has 0 atom stereocenters. The van der Waals surface area contributed by atoms with Gasteiger partial charge in [-0.15, -0.1) is 5.06 Å². The van der Waals surface area contributed by atoms with Crippen LogP contribution in [0.5, 0.6) is 0 Å². The Morgan fingerprint density at radius 3 is 2.11 bits per heavy atom. The second-order valence-corrected chi connectivity index (χ2v) is 3.66. The molecular formula is C10H13NO6SY-2. The molecule has 0 N–H and O–H groups in total. The number of hydrogen-bond acceptors (Lipinski definition) is 7. The fourth-order valence-electron chi connectivity index (χ4n) is 0.942. The van der Waals surface area contributed by atoms with E-state index in [1.165, 1.54) is 6.92 Å². The molecule has 0 aromatic heterocycles. The van der Waals surface area contributed by atoms with Crippen molar-refractivity contribution in [2.24, 2.45) is 0 Å². The van der Waals surface area contributed by atoms with Crippen LogP contribution in [-0.2, 0) is 74.1 Å². The summed E-state index contributed by atoms with van der Waals surface area (Å²) in [4.78, 5) is 46.6. The molecule has 1 radical (unpaired) electrons. The normalized spacial score (nSPS) is 13.3. The van der Waals surface area contributed by atoms with Crippen LogP contribution in [0.3, 0.4) is 0 Å². The van der Waals surface area contributed by atoms with Crippen LogP contribution in [0, 0.1) is 6.92 Å². The SMILES string of the molecule is CC(=O)[S-].[CH2-]COCC(=O)ON1C(=O)CCC1=O.[Y]. The molecule has 1 heterocycles. The summed E-state index contributed by atoms with van der Waals surface area (Å²) in [5, 5.41) is 0.231. The molecule has 0 saturated carbocycles. The van der Waals surface area contributed by atoms with Gasteiger partial charge in [0.1, 0.15) is 6.61 Å². The van der Waals surface area contributed by atoms with E-state index < -0.39 is 17.8 Å². The van der Waals surface area contributed by atoms with Gasteiger partial charge in [0.15, 0.2) is 0 Å². The fourth-order valence-corrected chi connectivity index (χ4v) is 0.942. The van der Waals surface area contributed by atoms with Gasteiger partial charge >= 0.3 is 5.97 Å². The number of rotatable bonds is 4. The van der Waals surface area contributed by atoms with Gasteiger partial charge in [-0.3, -0.25) is 9.59 Å². The van der Waals surface area contributed by atoms with Crippen molar-refractivity contribution in [2.45, 2.75) is 19.8 Å². The van der Waals surface area contributed by atoms with Crippen LogP contribution in [-0.4, -0.2) is 41.2 Å². The Balaban J connectivity index is 0. The van der Waals surface area contributed by atoms with E-state index in [2.05, 4.69) is 29.1 Å². The third-order valence-electron chi connectivity index (χ3n) is 1.56. The minimum absolute atomic E-state index is 0.